The zero-order chi connectivity index (χ0) is 28.6. The number of unbranched alkanes of at least 4 members (excludes halogenated alkanes) is 1. The van der Waals surface area contributed by atoms with Crippen molar-refractivity contribution in [2.24, 2.45) is 0 Å². The third kappa shape index (κ3) is 6.59. The minimum atomic E-state index is -0.828. The highest BCUT2D eigenvalue weighted by Gasteiger charge is 2.46. The quantitative estimate of drug-likeness (QED) is 0.172. The second kappa shape index (κ2) is 13.7. The molecule has 2 aromatic carbocycles. The van der Waals surface area contributed by atoms with Crippen molar-refractivity contribution in [1.82, 2.24) is 9.80 Å². The summed E-state index contributed by atoms with van der Waals surface area (Å²) in [5, 5.41) is 21.8. The van der Waals surface area contributed by atoms with E-state index >= 15 is 0 Å². The van der Waals surface area contributed by atoms with Crippen molar-refractivity contribution in [3.63, 3.8) is 0 Å². The molecule has 2 N–H and O–H groups in total. The molecule has 2 saturated heterocycles. The molecule has 0 radical (unpaired) electrons. The van der Waals surface area contributed by atoms with Crippen molar-refractivity contribution < 1.29 is 34.0 Å². The number of morpholine rings is 1. The van der Waals surface area contributed by atoms with Crippen molar-refractivity contribution in [2.75, 3.05) is 52.6 Å². The maximum absolute atomic E-state index is 13.4. The summed E-state index contributed by atoms with van der Waals surface area (Å²) in [4.78, 5) is 30.6. The number of phenolic OH excluding ortho intramolecular Hbond substituents is 1. The highest BCUT2D eigenvalue weighted by molar-refractivity contribution is 6.46. The molecular formula is C31H40N2O7. The van der Waals surface area contributed by atoms with Crippen molar-refractivity contribution in [3.8, 4) is 17.2 Å². The van der Waals surface area contributed by atoms with E-state index in [0.29, 0.717) is 56.3 Å². The van der Waals surface area contributed by atoms with Crippen LogP contribution in [0.4, 0.5) is 0 Å². The predicted molar refractivity (Wildman–Crippen MR) is 152 cm³/mol. The highest BCUT2D eigenvalue weighted by Crippen LogP contribution is 2.42. The SMILES string of the molecule is CCCCOc1ccc(/C(O)=C2\C(=O)C(=O)N(CCCN3CCOCC3)[C@@H]2c2ccc(O)c(OCC)c2)cc1C. The van der Waals surface area contributed by atoms with E-state index in [1.54, 1.807) is 30.3 Å². The number of aliphatic hydroxyl groups is 1. The van der Waals surface area contributed by atoms with Crippen LogP contribution in [0.25, 0.3) is 5.76 Å². The topological polar surface area (TPSA) is 109 Å². The summed E-state index contributed by atoms with van der Waals surface area (Å²) in [6.07, 6.45) is 2.61. The van der Waals surface area contributed by atoms with E-state index in [1.165, 1.54) is 11.0 Å². The number of aliphatic hydroxyl groups excluding tert-OH is 1. The highest BCUT2D eigenvalue weighted by atomic mass is 16.5. The Labute approximate surface area is 235 Å². The van der Waals surface area contributed by atoms with Gasteiger partial charge in [0.1, 0.15) is 11.5 Å². The minimum absolute atomic E-state index is 0.0172. The lowest BCUT2D eigenvalue weighted by Crippen LogP contribution is -2.38. The number of carbonyl (C=O) groups is 2. The lowest BCUT2D eigenvalue weighted by Gasteiger charge is -2.29. The van der Waals surface area contributed by atoms with Crippen molar-refractivity contribution >= 4 is 17.4 Å². The molecule has 0 spiro atoms. The molecule has 0 aromatic heterocycles. The normalized spacial score (nSPS) is 19.3. The number of ether oxygens (including phenoxy) is 3. The second-order valence-electron chi connectivity index (χ2n) is 10.1. The van der Waals surface area contributed by atoms with Crippen LogP contribution in [0.2, 0.25) is 0 Å². The van der Waals surface area contributed by atoms with Gasteiger partial charge in [0.25, 0.3) is 11.7 Å². The third-order valence-corrected chi connectivity index (χ3v) is 7.32. The molecule has 0 bridgehead atoms. The van der Waals surface area contributed by atoms with Gasteiger partial charge in [0.15, 0.2) is 11.5 Å². The summed E-state index contributed by atoms with van der Waals surface area (Å²) in [6, 6.07) is 9.20. The molecule has 9 heteroatoms. The number of hydrogen-bond donors (Lipinski definition) is 2. The van der Waals surface area contributed by atoms with Crippen molar-refractivity contribution in [2.45, 2.75) is 46.1 Å². The van der Waals surface area contributed by atoms with Gasteiger partial charge in [-0.1, -0.05) is 19.4 Å². The van der Waals surface area contributed by atoms with Crippen LogP contribution in [0.15, 0.2) is 42.0 Å². The number of aryl methyl sites for hydroxylation is 1. The number of rotatable bonds is 12. The standard InChI is InChI=1S/C31H40N2O7/c1-4-6-16-40-25-11-9-23(19-21(25)3)29(35)27-28(22-8-10-24(34)26(20-22)39-5-2)33(31(37)30(27)36)13-7-12-32-14-17-38-18-15-32/h8-11,19-20,28,34-35H,4-7,12-18H2,1-3H3/b29-27+/t28-/m1/s1. The van der Waals surface area contributed by atoms with Gasteiger partial charge in [-0.05, 0) is 68.1 Å². The molecule has 9 nitrogen and oxygen atoms in total. The Hall–Kier alpha value is -3.56. The molecule has 2 aliphatic rings. The number of ketones is 1. The molecule has 4 rings (SSSR count). The summed E-state index contributed by atoms with van der Waals surface area (Å²) in [5.41, 5.74) is 1.84. The smallest absolute Gasteiger partial charge is 0.295 e. The van der Waals surface area contributed by atoms with Crippen LogP contribution >= 0.6 is 0 Å². The molecule has 2 fully saturated rings. The van der Waals surface area contributed by atoms with Gasteiger partial charge in [-0.15, -0.1) is 0 Å². The third-order valence-electron chi connectivity index (χ3n) is 7.32. The van der Waals surface area contributed by atoms with E-state index in [4.69, 9.17) is 14.2 Å². The fraction of sp³-hybridized carbons (Fsp3) is 0.484. The first-order valence-electron chi connectivity index (χ1n) is 14.1. The van der Waals surface area contributed by atoms with Crippen LogP contribution in [0.1, 0.15) is 55.8 Å². The van der Waals surface area contributed by atoms with E-state index in [2.05, 4.69) is 11.8 Å². The average molecular weight is 553 g/mol. The largest absolute Gasteiger partial charge is 0.507 e. The Bertz CT molecular complexity index is 1240. The van der Waals surface area contributed by atoms with Gasteiger partial charge in [0, 0.05) is 31.7 Å². The average Bonchev–Trinajstić information content (AvgIpc) is 3.20. The van der Waals surface area contributed by atoms with Crippen molar-refractivity contribution in [3.05, 3.63) is 58.7 Å². The van der Waals surface area contributed by atoms with Crippen LogP contribution in [0.5, 0.6) is 17.2 Å². The molecule has 0 saturated carbocycles. The number of amides is 1. The van der Waals surface area contributed by atoms with E-state index in [0.717, 1.165) is 38.0 Å². The Morgan fingerprint density at radius 1 is 1.00 bits per heavy atom. The van der Waals surface area contributed by atoms with Gasteiger partial charge in [0.05, 0.1) is 38.0 Å². The maximum atomic E-state index is 13.4. The summed E-state index contributed by atoms with van der Waals surface area (Å²) in [5.74, 6) is -0.706. The zero-order valence-electron chi connectivity index (χ0n) is 23.6. The Balaban J connectivity index is 1.69. The molecule has 1 amide bonds. The fourth-order valence-electron chi connectivity index (χ4n) is 5.16. The van der Waals surface area contributed by atoms with E-state index in [9.17, 15) is 19.8 Å². The van der Waals surface area contributed by atoms with Crippen LogP contribution in [0, 0.1) is 6.92 Å². The number of likely N-dealkylation sites (tertiary alicyclic amines) is 1. The van der Waals surface area contributed by atoms with Gasteiger partial charge in [-0.2, -0.15) is 0 Å². The molecule has 2 heterocycles. The van der Waals surface area contributed by atoms with Gasteiger partial charge >= 0.3 is 0 Å². The Morgan fingerprint density at radius 2 is 1.77 bits per heavy atom. The molecule has 2 aliphatic heterocycles. The molecule has 2 aromatic rings. The van der Waals surface area contributed by atoms with E-state index in [-0.39, 0.29) is 22.8 Å². The molecule has 40 heavy (non-hydrogen) atoms. The number of hydrogen-bond acceptors (Lipinski definition) is 8. The number of Topliss-reactive ketones (excluding diaryl/α,β-unsaturated/α-hetero) is 1. The Morgan fingerprint density at radius 3 is 2.48 bits per heavy atom. The predicted octanol–water partition coefficient (Wildman–Crippen LogP) is 4.42. The van der Waals surface area contributed by atoms with Crippen LogP contribution in [0.3, 0.4) is 0 Å². The number of aromatic hydroxyl groups is 1. The van der Waals surface area contributed by atoms with Gasteiger partial charge < -0.3 is 29.3 Å². The van der Waals surface area contributed by atoms with Crippen molar-refractivity contribution in [1.29, 1.82) is 0 Å². The molecular weight excluding hydrogens is 512 g/mol. The molecule has 216 valence electrons. The molecule has 0 aliphatic carbocycles. The summed E-state index contributed by atoms with van der Waals surface area (Å²) >= 11 is 0. The summed E-state index contributed by atoms with van der Waals surface area (Å²) in [6.45, 7) is 10.8. The number of carbonyl (C=O) groups excluding carboxylic acids is 2. The zero-order valence-corrected chi connectivity index (χ0v) is 23.6. The lowest BCUT2D eigenvalue weighted by atomic mass is 9.94. The minimum Gasteiger partial charge on any atom is -0.507 e. The van der Waals surface area contributed by atoms with Gasteiger partial charge in [-0.25, -0.2) is 0 Å². The molecule has 0 unspecified atom stereocenters. The Kier molecular flexibility index (Phi) is 10.1. The van der Waals surface area contributed by atoms with Gasteiger partial charge in [0.2, 0.25) is 0 Å². The number of phenols is 1. The first-order chi connectivity index (χ1) is 19.3. The van der Waals surface area contributed by atoms with Crippen LogP contribution in [-0.4, -0.2) is 84.3 Å². The van der Waals surface area contributed by atoms with Crippen LogP contribution < -0.4 is 9.47 Å². The first kappa shape index (κ1) is 29.4. The summed E-state index contributed by atoms with van der Waals surface area (Å²) in [7, 11) is 0. The van der Waals surface area contributed by atoms with E-state index < -0.39 is 17.7 Å². The van der Waals surface area contributed by atoms with Crippen LogP contribution in [-0.2, 0) is 14.3 Å². The number of benzene rings is 2. The fourth-order valence-corrected chi connectivity index (χ4v) is 5.16. The van der Waals surface area contributed by atoms with Gasteiger partial charge in [-0.3, -0.25) is 14.5 Å². The summed E-state index contributed by atoms with van der Waals surface area (Å²) < 4.78 is 16.9. The lowest BCUT2D eigenvalue weighted by molar-refractivity contribution is -0.140. The number of nitrogens with zero attached hydrogens (tertiary/aromatic N) is 2. The second-order valence-corrected chi connectivity index (χ2v) is 10.1. The molecule has 1 atom stereocenters. The maximum Gasteiger partial charge on any atom is 0.295 e. The first-order valence-corrected chi connectivity index (χ1v) is 14.1. The van der Waals surface area contributed by atoms with E-state index in [1.807, 2.05) is 13.8 Å². The monoisotopic (exact) mass is 552 g/mol.